The molecule has 0 radical (unpaired) electrons. The Kier molecular flexibility index (Phi) is 6.23. The van der Waals surface area contributed by atoms with Crippen LogP contribution in [0.1, 0.15) is 46.0 Å². The Bertz CT molecular complexity index is 1020. The van der Waals surface area contributed by atoms with E-state index in [-0.39, 0.29) is 29.8 Å². The molecule has 5 atom stereocenters. The van der Waals surface area contributed by atoms with Crippen molar-refractivity contribution in [2.24, 2.45) is 11.8 Å². The lowest BCUT2D eigenvalue weighted by atomic mass is 9.74. The van der Waals surface area contributed by atoms with E-state index >= 15 is 0 Å². The highest BCUT2D eigenvalue weighted by Crippen LogP contribution is 2.55. The van der Waals surface area contributed by atoms with Crippen molar-refractivity contribution in [2.75, 3.05) is 11.6 Å². The number of carbonyl (C=O) groups is 3. The van der Waals surface area contributed by atoms with Gasteiger partial charge in [-0.2, -0.15) is 0 Å². The Morgan fingerprint density at radius 2 is 1.94 bits per heavy atom. The van der Waals surface area contributed by atoms with Gasteiger partial charge in [-0.1, -0.05) is 37.5 Å². The van der Waals surface area contributed by atoms with E-state index < -0.39 is 29.6 Å². The van der Waals surface area contributed by atoms with Crippen LogP contribution in [-0.4, -0.2) is 58.7 Å². The molecule has 0 unspecified atom stereocenters. The Morgan fingerprint density at radius 3 is 2.65 bits per heavy atom. The van der Waals surface area contributed by atoms with Gasteiger partial charge in [-0.15, -0.1) is 11.8 Å². The van der Waals surface area contributed by atoms with E-state index in [1.165, 1.54) is 6.42 Å². The molecule has 34 heavy (non-hydrogen) atoms. The number of nitrogens with one attached hydrogen (secondary N) is 2. The standard InChI is InChI=1S/C26H33N3O4S/c1-15(2)29-22(24(31)27-16-8-5-4-6-9-16)26-13-12-19(33-26)20(21(26)25(29)32)23(30)28-17-10-7-11-18(14-17)34-3/h7,10-16,19-22H,4-6,8-9H2,1-3H3,(H,27,31)(H,28,30)/t19-,20+,21-,22+,26-/m0/s1. The minimum atomic E-state index is -1.10. The van der Waals surface area contributed by atoms with Gasteiger partial charge in [-0.05, 0) is 51.1 Å². The molecule has 1 saturated carbocycles. The second kappa shape index (κ2) is 9.04. The minimum Gasteiger partial charge on any atom is -0.359 e. The van der Waals surface area contributed by atoms with Gasteiger partial charge >= 0.3 is 0 Å². The third-order valence-corrected chi connectivity index (χ3v) is 8.43. The van der Waals surface area contributed by atoms with Gasteiger partial charge in [0.05, 0.1) is 17.9 Å². The second-order valence-corrected chi connectivity index (χ2v) is 11.0. The van der Waals surface area contributed by atoms with E-state index in [1.807, 2.05) is 56.5 Å². The zero-order chi connectivity index (χ0) is 24.0. The molecule has 7 nitrogen and oxygen atoms in total. The lowest BCUT2D eigenvalue weighted by molar-refractivity contribution is -0.143. The summed E-state index contributed by atoms with van der Waals surface area (Å²) in [5.74, 6) is -1.98. The summed E-state index contributed by atoms with van der Waals surface area (Å²) in [4.78, 5) is 43.5. The topological polar surface area (TPSA) is 87.7 Å². The molecule has 8 heteroatoms. The summed E-state index contributed by atoms with van der Waals surface area (Å²) in [6, 6.07) is 6.81. The zero-order valence-corrected chi connectivity index (χ0v) is 20.8. The zero-order valence-electron chi connectivity index (χ0n) is 20.0. The Morgan fingerprint density at radius 1 is 1.18 bits per heavy atom. The average molecular weight is 484 g/mol. The lowest BCUT2D eigenvalue weighted by Gasteiger charge is -2.35. The first-order valence-corrected chi connectivity index (χ1v) is 13.5. The van der Waals surface area contributed by atoms with Crippen LogP contribution in [0, 0.1) is 11.8 Å². The van der Waals surface area contributed by atoms with Gasteiger partial charge in [0.1, 0.15) is 11.6 Å². The van der Waals surface area contributed by atoms with E-state index in [0.717, 1.165) is 30.6 Å². The van der Waals surface area contributed by atoms with Crippen LogP contribution in [0.3, 0.4) is 0 Å². The molecular weight excluding hydrogens is 450 g/mol. The van der Waals surface area contributed by atoms with Crippen molar-refractivity contribution in [3.63, 3.8) is 0 Å². The van der Waals surface area contributed by atoms with E-state index in [1.54, 1.807) is 16.7 Å². The molecule has 3 aliphatic heterocycles. The third kappa shape index (κ3) is 3.75. The van der Waals surface area contributed by atoms with Gasteiger partial charge in [-0.25, -0.2) is 0 Å². The van der Waals surface area contributed by atoms with E-state index in [2.05, 4.69) is 10.6 Å². The highest BCUT2D eigenvalue weighted by atomic mass is 32.2. The first kappa shape index (κ1) is 23.4. The number of fused-ring (bicyclic) bond motifs is 1. The molecule has 5 rings (SSSR count). The fourth-order valence-corrected chi connectivity index (χ4v) is 6.67. The Balaban J connectivity index is 1.42. The molecule has 2 bridgehead atoms. The van der Waals surface area contributed by atoms with Crippen LogP contribution in [0.15, 0.2) is 41.3 Å². The molecule has 3 amide bonds. The van der Waals surface area contributed by atoms with E-state index in [0.29, 0.717) is 5.69 Å². The maximum absolute atomic E-state index is 13.7. The fraction of sp³-hybridized carbons (Fsp3) is 0.577. The van der Waals surface area contributed by atoms with Crippen molar-refractivity contribution < 1.29 is 19.1 Å². The van der Waals surface area contributed by atoms with Crippen molar-refractivity contribution in [3.8, 4) is 0 Å². The number of amides is 3. The number of nitrogens with zero attached hydrogens (tertiary/aromatic N) is 1. The highest BCUT2D eigenvalue weighted by molar-refractivity contribution is 7.98. The number of thioether (sulfide) groups is 1. The predicted octanol–water partition coefficient (Wildman–Crippen LogP) is 3.35. The predicted molar refractivity (Wildman–Crippen MR) is 131 cm³/mol. The highest BCUT2D eigenvalue weighted by Gasteiger charge is 2.73. The van der Waals surface area contributed by atoms with Gasteiger partial charge < -0.3 is 20.3 Å². The van der Waals surface area contributed by atoms with Crippen LogP contribution >= 0.6 is 11.8 Å². The summed E-state index contributed by atoms with van der Waals surface area (Å²) in [7, 11) is 0. The number of likely N-dealkylation sites (tertiary alicyclic amines) is 1. The summed E-state index contributed by atoms with van der Waals surface area (Å²) in [6.45, 7) is 3.82. The Hall–Kier alpha value is -2.32. The molecule has 1 aromatic rings. The summed E-state index contributed by atoms with van der Waals surface area (Å²) in [5, 5.41) is 6.19. The summed E-state index contributed by atoms with van der Waals surface area (Å²) in [6.07, 6.45) is 10.5. The molecule has 0 aromatic heterocycles. The molecule has 2 N–H and O–H groups in total. The van der Waals surface area contributed by atoms with Crippen molar-refractivity contribution in [2.45, 2.75) is 80.7 Å². The smallest absolute Gasteiger partial charge is 0.246 e. The quantitative estimate of drug-likeness (QED) is 0.479. The molecular formula is C26H33N3O4S. The summed E-state index contributed by atoms with van der Waals surface area (Å²) in [5.41, 5.74) is -0.413. The van der Waals surface area contributed by atoms with Crippen LogP contribution in [0.5, 0.6) is 0 Å². The number of rotatable bonds is 6. The lowest BCUT2D eigenvalue weighted by Crippen LogP contribution is -2.57. The van der Waals surface area contributed by atoms with Gasteiger partial charge in [0.2, 0.25) is 17.7 Å². The molecule has 1 aromatic carbocycles. The Labute approximate surface area is 205 Å². The van der Waals surface area contributed by atoms with Crippen molar-refractivity contribution >= 4 is 35.2 Å². The van der Waals surface area contributed by atoms with Gasteiger partial charge in [-0.3, -0.25) is 14.4 Å². The molecule has 2 saturated heterocycles. The second-order valence-electron chi connectivity index (χ2n) is 10.1. The molecule has 3 heterocycles. The number of benzene rings is 1. The van der Waals surface area contributed by atoms with Crippen LogP contribution in [0.25, 0.3) is 0 Å². The van der Waals surface area contributed by atoms with Gasteiger partial charge in [0.25, 0.3) is 0 Å². The number of ether oxygens (including phenoxy) is 1. The monoisotopic (exact) mass is 483 g/mol. The maximum atomic E-state index is 13.7. The minimum absolute atomic E-state index is 0.131. The average Bonchev–Trinajstić information content (AvgIpc) is 3.47. The van der Waals surface area contributed by atoms with Gasteiger partial charge in [0.15, 0.2) is 0 Å². The number of hydrogen-bond acceptors (Lipinski definition) is 5. The first-order chi connectivity index (χ1) is 16.4. The van der Waals surface area contributed by atoms with Crippen molar-refractivity contribution in [3.05, 3.63) is 36.4 Å². The maximum Gasteiger partial charge on any atom is 0.246 e. The number of anilines is 1. The molecule has 4 aliphatic rings. The molecule has 182 valence electrons. The third-order valence-electron chi connectivity index (χ3n) is 7.71. The van der Waals surface area contributed by atoms with Crippen LogP contribution in [-0.2, 0) is 19.1 Å². The number of hydrogen-bond donors (Lipinski definition) is 2. The van der Waals surface area contributed by atoms with Crippen molar-refractivity contribution in [1.29, 1.82) is 0 Å². The molecule has 1 aliphatic carbocycles. The SMILES string of the molecule is CSc1cccc(NC(=O)[C@@H]2[C@@H]3C=C[C@]4(O3)[C@@H]2C(=O)N(C(C)C)[C@@H]4C(=O)NC2CCCCC2)c1. The van der Waals surface area contributed by atoms with Crippen LogP contribution in [0.2, 0.25) is 0 Å². The first-order valence-electron chi connectivity index (χ1n) is 12.3. The van der Waals surface area contributed by atoms with Crippen LogP contribution in [0.4, 0.5) is 5.69 Å². The normalized spacial score (nSPS) is 32.4. The molecule has 1 spiro atoms. The van der Waals surface area contributed by atoms with Crippen LogP contribution < -0.4 is 10.6 Å². The molecule has 3 fully saturated rings. The summed E-state index contributed by atoms with van der Waals surface area (Å²) >= 11 is 1.60. The van der Waals surface area contributed by atoms with E-state index in [9.17, 15) is 14.4 Å². The summed E-state index contributed by atoms with van der Waals surface area (Å²) < 4.78 is 6.37. The number of carbonyl (C=O) groups excluding carboxylic acids is 3. The fourth-order valence-electron chi connectivity index (χ4n) is 6.22. The van der Waals surface area contributed by atoms with Gasteiger partial charge in [0, 0.05) is 22.7 Å². The largest absolute Gasteiger partial charge is 0.359 e. The van der Waals surface area contributed by atoms with E-state index in [4.69, 9.17) is 4.74 Å². The van der Waals surface area contributed by atoms with Crippen molar-refractivity contribution in [1.82, 2.24) is 10.2 Å².